The molecule has 0 fully saturated rings. The lowest BCUT2D eigenvalue weighted by molar-refractivity contribution is 0.1000. The average molecular weight is 309 g/mol. The maximum Gasteiger partial charge on any atom is 0.248 e. The first-order valence-corrected chi connectivity index (χ1v) is 8.22. The summed E-state index contributed by atoms with van der Waals surface area (Å²) in [4.78, 5) is 11.0. The first kappa shape index (κ1) is 15.5. The van der Waals surface area contributed by atoms with Gasteiger partial charge in [-0.1, -0.05) is 12.2 Å². The average Bonchev–Trinajstić information content (AvgIpc) is 2.46. The highest BCUT2D eigenvalue weighted by atomic mass is 32.2. The van der Waals surface area contributed by atoms with Crippen molar-refractivity contribution in [2.45, 2.75) is 24.2 Å². The summed E-state index contributed by atoms with van der Waals surface area (Å²) in [6, 6.07) is 3.94. The van der Waals surface area contributed by atoms with Gasteiger partial charge in [-0.3, -0.25) is 4.79 Å². The summed E-state index contributed by atoms with van der Waals surface area (Å²) >= 11 is 0. The van der Waals surface area contributed by atoms with Gasteiger partial charge in [0.1, 0.15) is 4.90 Å². The number of carbonyl (C=O) groups excluding carboxylic acids is 1. The topological polar surface area (TPSA) is 115 Å². The maximum absolute atomic E-state index is 12.3. The lowest BCUT2D eigenvalue weighted by atomic mass is 9.95. The van der Waals surface area contributed by atoms with Gasteiger partial charge in [-0.15, -0.1) is 0 Å². The molecule has 0 heterocycles. The molecule has 1 aliphatic rings. The number of nitrogens with one attached hydrogen (secondary N) is 1. The van der Waals surface area contributed by atoms with E-state index in [1.165, 1.54) is 18.2 Å². The highest BCUT2D eigenvalue weighted by Gasteiger charge is 2.20. The Morgan fingerprint density at radius 3 is 2.67 bits per heavy atom. The van der Waals surface area contributed by atoms with Crippen LogP contribution in [0.5, 0.6) is 0 Å². The minimum Gasteiger partial charge on any atom is -0.398 e. The summed E-state index contributed by atoms with van der Waals surface area (Å²) < 4.78 is 27.1. The van der Waals surface area contributed by atoms with Gasteiger partial charge < -0.3 is 11.5 Å². The van der Waals surface area contributed by atoms with Crippen LogP contribution in [0.3, 0.4) is 0 Å². The Morgan fingerprint density at radius 1 is 1.33 bits per heavy atom. The van der Waals surface area contributed by atoms with Crippen LogP contribution in [0.25, 0.3) is 0 Å². The van der Waals surface area contributed by atoms with Gasteiger partial charge in [0, 0.05) is 12.1 Å². The Kier molecular flexibility index (Phi) is 4.64. The maximum atomic E-state index is 12.3. The van der Waals surface area contributed by atoms with Crippen LogP contribution >= 0.6 is 0 Å². The van der Waals surface area contributed by atoms with Crippen LogP contribution in [0.2, 0.25) is 0 Å². The number of allylic oxidation sites excluding steroid dienone is 2. The minimum atomic E-state index is -3.68. The molecule has 1 aromatic carbocycles. The van der Waals surface area contributed by atoms with Crippen LogP contribution in [0.4, 0.5) is 5.69 Å². The molecule has 2 rings (SSSR count). The van der Waals surface area contributed by atoms with Gasteiger partial charge in [0.05, 0.1) is 5.69 Å². The fraction of sp³-hybridized carbons (Fsp3) is 0.357. The second-order valence-corrected chi connectivity index (χ2v) is 6.85. The minimum absolute atomic E-state index is 0.0161. The first-order valence-electron chi connectivity index (χ1n) is 6.74. The Balaban J connectivity index is 2.12. The predicted octanol–water partition coefficient (Wildman–Crippen LogP) is 1.00. The monoisotopic (exact) mass is 309 g/mol. The van der Waals surface area contributed by atoms with Crippen molar-refractivity contribution in [1.82, 2.24) is 4.72 Å². The van der Waals surface area contributed by atoms with Crippen LogP contribution < -0.4 is 16.2 Å². The molecule has 1 amide bonds. The number of amides is 1. The fourth-order valence-corrected chi connectivity index (χ4v) is 3.52. The lowest BCUT2D eigenvalue weighted by Gasteiger charge is -2.18. The van der Waals surface area contributed by atoms with Crippen molar-refractivity contribution in [2.24, 2.45) is 11.7 Å². The molecular weight excluding hydrogens is 290 g/mol. The fourth-order valence-electron chi connectivity index (χ4n) is 2.29. The predicted molar refractivity (Wildman–Crippen MR) is 81.0 cm³/mol. The highest BCUT2D eigenvalue weighted by molar-refractivity contribution is 7.89. The molecule has 0 spiro atoms. The Bertz CT molecular complexity index is 668. The van der Waals surface area contributed by atoms with Gasteiger partial charge in [0.25, 0.3) is 0 Å². The number of nitrogens with two attached hydrogens (primary N) is 2. The number of sulfonamides is 1. The first-order chi connectivity index (χ1) is 9.90. The quantitative estimate of drug-likeness (QED) is 0.556. The summed E-state index contributed by atoms with van der Waals surface area (Å²) in [6.45, 7) is 0.379. The molecule has 0 aliphatic heterocycles. The van der Waals surface area contributed by atoms with Crippen molar-refractivity contribution in [2.75, 3.05) is 12.3 Å². The standard InChI is InChI=1S/C14H19N3O3S/c15-12-8-11(14(16)18)6-7-13(12)21(19,20)17-9-10-4-2-1-3-5-10/h1-2,6-8,10,17H,3-5,9,15H2,(H2,16,18). The van der Waals surface area contributed by atoms with Crippen LogP contribution in [-0.4, -0.2) is 20.9 Å². The number of anilines is 1. The molecule has 0 bridgehead atoms. The Morgan fingerprint density at radius 2 is 2.10 bits per heavy atom. The molecule has 1 atom stereocenters. The van der Waals surface area contributed by atoms with E-state index in [-0.39, 0.29) is 16.1 Å². The van der Waals surface area contributed by atoms with E-state index in [1.807, 2.05) is 0 Å². The Hall–Kier alpha value is -1.86. The van der Waals surface area contributed by atoms with Crippen molar-refractivity contribution >= 4 is 21.6 Å². The van der Waals surface area contributed by atoms with Crippen LogP contribution in [0.1, 0.15) is 29.6 Å². The molecule has 114 valence electrons. The van der Waals surface area contributed by atoms with Gasteiger partial charge in [-0.05, 0) is 43.4 Å². The third kappa shape index (κ3) is 3.83. The summed E-state index contributed by atoms with van der Waals surface area (Å²) in [5, 5.41) is 0. The van der Waals surface area contributed by atoms with E-state index in [1.54, 1.807) is 0 Å². The van der Waals surface area contributed by atoms with Crippen molar-refractivity contribution in [3.8, 4) is 0 Å². The molecular formula is C14H19N3O3S. The molecule has 6 nitrogen and oxygen atoms in total. The van der Waals surface area contributed by atoms with Crippen LogP contribution in [0.15, 0.2) is 35.2 Å². The number of rotatable bonds is 5. The molecule has 1 unspecified atom stereocenters. The van der Waals surface area contributed by atoms with Gasteiger partial charge in [-0.25, -0.2) is 13.1 Å². The van der Waals surface area contributed by atoms with E-state index in [4.69, 9.17) is 11.5 Å². The van der Waals surface area contributed by atoms with Crippen molar-refractivity contribution < 1.29 is 13.2 Å². The van der Waals surface area contributed by atoms with Crippen LogP contribution in [-0.2, 0) is 10.0 Å². The number of benzene rings is 1. The van der Waals surface area contributed by atoms with E-state index in [2.05, 4.69) is 16.9 Å². The molecule has 0 saturated carbocycles. The summed E-state index contributed by atoms with van der Waals surface area (Å²) in [6.07, 6.45) is 6.99. The normalized spacial score (nSPS) is 18.6. The second kappa shape index (κ2) is 6.28. The largest absolute Gasteiger partial charge is 0.398 e. The summed E-state index contributed by atoms with van der Waals surface area (Å²) in [5.41, 5.74) is 11.0. The van der Waals surface area contributed by atoms with Crippen molar-refractivity contribution in [1.29, 1.82) is 0 Å². The van der Waals surface area contributed by atoms with Crippen molar-refractivity contribution in [3.63, 3.8) is 0 Å². The highest BCUT2D eigenvalue weighted by Crippen LogP contribution is 2.21. The zero-order chi connectivity index (χ0) is 15.5. The molecule has 0 radical (unpaired) electrons. The number of primary amides is 1. The third-order valence-electron chi connectivity index (χ3n) is 3.52. The zero-order valence-corrected chi connectivity index (χ0v) is 12.4. The molecule has 1 aliphatic carbocycles. The molecule has 5 N–H and O–H groups in total. The Labute approximate surface area is 124 Å². The molecule has 1 aromatic rings. The summed E-state index contributed by atoms with van der Waals surface area (Å²) in [5.74, 6) is -0.344. The van der Waals surface area contributed by atoms with E-state index in [9.17, 15) is 13.2 Å². The molecule has 21 heavy (non-hydrogen) atoms. The summed E-state index contributed by atoms with van der Waals surface area (Å²) in [7, 11) is -3.68. The number of hydrogen-bond donors (Lipinski definition) is 3. The van der Waals surface area contributed by atoms with E-state index < -0.39 is 15.9 Å². The van der Waals surface area contributed by atoms with E-state index >= 15 is 0 Å². The van der Waals surface area contributed by atoms with Gasteiger partial charge in [-0.2, -0.15) is 0 Å². The van der Waals surface area contributed by atoms with E-state index in [0.29, 0.717) is 12.5 Å². The smallest absolute Gasteiger partial charge is 0.248 e. The van der Waals surface area contributed by atoms with E-state index in [0.717, 1.165) is 19.3 Å². The number of carbonyl (C=O) groups is 1. The number of hydrogen-bond acceptors (Lipinski definition) is 4. The zero-order valence-electron chi connectivity index (χ0n) is 11.6. The second-order valence-electron chi connectivity index (χ2n) is 5.12. The molecule has 0 aromatic heterocycles. The van der Waals surface area contributed by atoms with Crippen molar-refractivity contribution in [3.05, 3.63) is 35.9 Å². The molecule has 0 saturated heterocycles. The van der Waals surface area contributed by atoms with Gasteiger partial charge in [0.2, 0.25) is 15.9 Å². The third-order valence-corrected chi connectivity index (χ3v) is 5.02. The van der Waals surface area contributed by atoms with Gasteiger partial charge in [0.15, 0.2) is 0 Å². The lowest BCUT2D eigenvalue weighted by Crippen LogP contribution is -2.30. The van der Waals surface area contributed by atoms with Crippen LogP contribution in [0, 0.1) is 5.92 Å². The SMILES string of the molecule is NC(=O)c1ccc(S(=O)(=O)NCC2CC=CCC2)c(N)c1. The number of nitrogen functional groups attached to an aromatic ring is 1. The van der Waals surface area contributed by atoms with Gasteiger partial charge >= 0.3 is 0 Å². The molecule has 7 heteroatoms.